The van der Waals surface area contributed by atoms with Gasteiger partial charge < -0.3 is 20.5 Å². The van der Waals surface area contributed by atoms with E-state index in [4.69, 9.17) is 9.84 Å². The molecule has 0 aliphatic heterocycles. The first-order chi connectivity index (χ1) is 8.20. The highest BCUT2D eigenvalue weighted by Gasteiger charge is 2.16. The van der Waals surface area contributed by atoms with Gasteiger partial charge in [0, 0.05) is 19.0 Å². The number of aliphatic carboxylic acids is 1. The predicted octanol–water partition coefficient (Wildman–Crippen LogP) is 1.35. The normalized spacial score (nSPS) is 12.9. The molecule has 1 atom stereocenters. The fourth-order valence-corrected chi connectivity index (χ4v) is 1.21. The van der Waals surface area contributed by atoms with Gasteiger partial charge in [-0.25, -0.2) is 4.79 Å². The maximum Gasteiger partial charge on any atom is 0.407 e. The zero-order valence-electron chi connectivity index (χ0n) is 11.6. The Hall–Kier alpha value is -1.30. The number of hydrogen-bond donors (Lipinski definition) is 3. The number of alkyl carbamates (subject to hydrolysis) is 1. The predicted molar refractivity (Wildman–Crippen MR) is 68.6 cm³/mol. The number of carboxylic acid groups (broad SMARTS) is 1. The van der Waals surface area contributed by atoms with Crippen LogP contribution in [0.5, 0.6) is 0 Å². The molecule has 106 valence electrons. The van der Waals surface area contributed by atoms with Crippen molar-refractivity contribution in [3.8, 4) is 0 Å². The van der Waals surface area contributed by atoms with Crippen LogP contribution >= 0.6 is 0 Å². The third kappa shape index (κ3) is 11.2. The molecule has 0 aromatic heterocycles. The maximum atomic E-state index is 11.3. The molecule has 1 amide bonds. The van der Waals surface area contributed by atoms with Gasteiger partial charge in [0.2, 0.25) is 0 Å². The summed E-state index contributed by atoms with van der Waals surface area (Å²) in [6.45, 7) is 8.39. The molecule has 1 unspecified atom stereocenters. The summed E-state index contributed by atoms with van der Waals surface area (Å²) in [6, 6.07) is 0.0753. The van der Waals surface area contributed by atoms with Gasteiger partial charge in [0.1, 0.15) is 5.60 Å². The number of amides is 1. The van der Waals surface area contributed by atoms with E-state index >= 15 is 0 Å². The van der Waals surface area contributed by atoms with Gasteiger partial charge in [-0.1, -0.05) is 0 Å². The molecule has 6 heteroatoms. The molecule has 0 aliphatic carbocycles. The number of carbonyl (C=O) groups excluding carboxylic acids is 1. The Balaban J connectivity index is 3.61. The maximum absolute atomic E-state index is 11.3. The molecule has 0 spiro atoms. The Morgan fingerprint density at radius 1 is 1.33 bits per heavy atom. The average Bonchev–Trinajstić information content (AvgIpc) is 2.19. The fraction of sp³-hybridized carbons (Fsp3) is 0.833. The van der Waals surface area contributed by atoms with Gasteiger partial charge in [-0.2, -0.15) is 0 Å². The number of carboxylic acids is 1. The minimum Gasteiger partial charge on any atom is -0.481 e. The summed E-state index contributed by atoms with van der Waals surface area (Å²) in [7, 11) is 0. The van der Waals surface area contributed by atoms with Crippen LogP contribution in [0.3, 0.4) is 0 Å². The van der Waals surface area contributed by atoms with E-state index < -0.39 is 17.7 Å². The molecule has 0 bridgehead atoms. The first-order valence-corrected chi connectivity index (χ1v) is 6.13. The average molecular weight is 260 g/mol. The van der Waals surface area contributed by atoms with Crippen molar-refractivity contribution in [1.82, 2.24) is 10.6 Å². The van der Waals surface area contributed by atoms with Crippen molar-refractivity contribution >= 4 is 12.1 Å². The van der Waals surface area contributed by atoms with E-state index in [9.17, 15) is 9.59 Å². The molecule has 0 radical (unpaired) electrons. The van der Waals surface area contributed by atoms with E-state index in [0.717, 1.165) is 0 Å². The summed E-state index contributed by atoms with van der Waals surface area (Å²) in [5.41, 5.74) is -0.498. The first-order valence-electron chi connectivity index (χ1n) is 6.13. The molecule has 0 saturated heterocycles. The lowest BCUT2D eigenvalue weighted by Crippen LogP contribution is -2.41. The van der Waals surface area contributed by atoms with Crippen molar-refractivity contribution in [1.29, 1.82) is 0 Å². The molecule has 0 fully saturated rings. The number of ether oxygens (including phenoxy) is 1. The number of rotatable bonds is 7. The van der Waals surface area contributed by atoms with Gasteiger partial charge in [0.25, 0.3) is 0 Å². The smallest absolute Gasteiger partial charge is 0.407 e. The zero-order chi connectivity index (χ0) is 14.2. The van der Waals surface area contributed by atoms with Crippen LogP contribution in [0.2, 0.25) is 0 Å². The van der Waals surface area contributed by atoms with E-state index in [-0.39, 0.29) is 12.5 Å². The second-order valence-corrected chi connectivity index (χ2v) is 5.24. The number of carbonyl (C=O) groups is 2. The summed E-state index contributed by atoms with van der Waals surface area (Å²) in [5.74, 6) is -0.795. The summed E-state index contributed by atoms with van der Waals surface area (Å²) >= 11 is 0. The summed E-state index contributed by atoms with van der Waals surface area (Å²) < 4.78 is 5.09. The molecule has 18 heavy (non-hydrogen) atoms. The molecule has 0 aliphatic rings. The van der Waals surface area contributed by atoms with Crippen LogP contribution in [0.25, 0.3) is 0 Å². The fourth-order valence-electron chi connectivity index (χ4n) is 1.21. The van der Waals surface area contributed by atoms with Gasteiger partial charge in [-0.15, -0.1) is 0 Å². The second-order valence-electron chi connectivity index (χ2n) is 5.24. The van der Waals surface area contributed by atoms with Crippen molar-refractivity contribution in [2.45, 2.75) is 52.2 Å². The van der Waals surface area contributed by atoms with Gasteiger partial charge in [0.05, 0.1) is 0 Å². The zero-order valence-corrected chi connectivity index (χ0v) is 11.6. The molecule has 3 N–H and O–H groups in total. The Labute approximate surface area is 108 Å². The van der Waals surface area contributed by atoms with Crippen LogP contribution in [0.15, 0.2) is 0 Å². The quantitative estimate of drug-likeness (QED) is 0.601. The van der Waals surface area contributed by atoms with Crippen LogP contribution < -0.4 is 10.6 Å². The standard InChI is InChI=1S/C12H24N2O4/c1-9(13-7-5-6-10(15)16)8-14-11(17)18-12(2,3)4/h9,13H,5-8H2,1-4H3,(H,14,17)(H,15,16). The largest absolute Gasteiger partial charge is 0.481 e. The van der Waals surface area contributed by atoms with Crippen LogP contribution in [-0.4, -0.2) is 41.9 Å². The number of nitrogens with one attached hydrogen (secondary N) is 2. The molecular formula is C12H24N2O4. The van der Waals surface area contributed by atoms with Crippen molar-refractivity contribution in [3.05, 3.63) is 0 Å². The van der Waals surface area contributed by atoms with Crippen molar-refractivity contribution < 1.29 is 19.4 Å². The highest BCUT2D eigenvalue weighted by atomic mass is 16.6. The first kappa shape index (κ1) is 16.7. The molecule has 0 aromatic rings. The van der Waals surface area contributed by atoms with Crippen LogP contribution in [-0.2, 0) is 9.53 Å². The van der Waals surface area contributed by atoms with E-state index in [1.54, 1.807) is 20.8 Å². The van der Waals surface area contributed by atoms with E-state index in [0.29, 0.717) is 19.5 Å². The third-order valence-corrected chi connectivity index (χ3v) is 2.01. The van der Waals surface area contributed by atoms with E-state index in [1.807, 2.05) is 6.92 Å². The molecule has 6 nitrogen and oxygen atoms in total. The third-order valence-electron chi connectivity index (χ3n) is 2.01. The lowest BCUT2D eigenvalue weighted by atomic mass is 10.2. The highest BCUT2D eigenvalue weighted by Crippen LogP contribution is 2.06. The van der Waals surface area contributed by atoms with Gasteiger partial charge in [-0.3, -0.25) is 4.79 Å². The Morgan fingerprint density at radius 3 is 2.44 bits per heavy atom. The van der Waals surface area contributed by atoms with Crippen molar-refractivity contribution in [2.24, 2.45) is 0 Å². The summed E-state index contributed by atoms with van der Waals surface area (Å²) in [4.78, 5) is 21.6. The van der Waals surface area contributed by atoms with Crippen molar-refractivity contribution in [3.63, 3.8) is 0 Å². The SMILES string of the molecule is CC(CNC(=O)OC(C)(C)C)NCCCC(=O)O. The monoisotopic (exact) mass is 260 g/mol. The van der Waals surface area contributed by atoms with Crippen LogP contribution in [0.4, 0.5) is 4.79 Å². The minimum absolute atomic E-state index is 0.0753. The Morgan fingerprint density at radius 2 is 1.94 bits per heavy atom. The van der Waals surface area contributed by atoms with Gasteiger partial charge >= 0.3 is 12.1 Å². The topological polar surface area (TPSA) is 87.7 Å². The molecule has 0 aromatic carbocycles. The lowest BCUT2D eigenvalue weighted by molar-refractivity contribution is -0.137. The second kappa shape index (κ2) is 7.92. The minimum atomic E-state index is -0.795. The number of hydrogen-bond acceptors (Lipinski definition) is 4. The van der Waals surface area contributed by atoms with Crippen molar-refractivity contribution in [2.75, 3.05) is 13.1 Å². The van der Waals surface area contributed by atoms with Gasteiger partial charge in [-0.05, 0) is 40.7 Å². The molecule has 0 saturated carbocycles. The van der Waals surface area contributed by atoms with Gasteiger partial charge in [0.15, 0.2) is 0 Å². The molecular weight excluding hydrogens is 236 g/mol. The van der Waals surface area contributed by atoms with Crippen LogP contribution in [0, 0.1) is 0 Å². The van der Waals surface area contributed by atoms with E-state index in [2.05, 4.69) is 10.6 Å². The van der Waals surface area contributed by atoms with Crippen LogP contribution in [0.1, 0.15) is 40.5 Å². The Bertz CT molecular complexity index is 274. The summed E-state index contributed by atoms with van der Waals surface area (Å²) in [6.07, 6.45) is 0.285. The Kier molecular flexibility index (Phi) is 7.35. The lowest BCUT2D eigenvalue weighted by Gasteiger charge is -2.21. The highest BCUT2D eigenvalue weighted by molar-refractivity contribution is 5.67. The molecule has 0 heterocycles. The molecule has 0 rings (SSSR count). The van der Waals surface area contributed by atoms with E-state index in [1.165, 1.54) is 0 Å². The summed E-state index contributed by atoms with van der Waals surface area (Å²) in [5, 5.41) is 14.2.